The summed E-state index contributed by atoms with van der Waals surface area (Å²) in [6.45, 7) is 5.14. The van der Waals surface area contributed by atoms with Gasteiger partial charge in [0.25, 0.3) is 5.91 Å². The maximum Gasteiger partial charge on any atom is 0.258 e. The van der Waals surface area contributed by atoms with Gasteiger partial charge in [0, 0.05) is 18.3 Å². The highest BCUT2D eigenvalue weighted by atomic mass is 16.2. The fraction of sp³-hybridized carbons (Fsp3) is 0.368. The summed E-state index contributed by atoms with van der Waals surface area (Å²) in [5, 5.41) is 0. The Balaban J connectivity index is 1.92. The van der Waals surface area contributed by atoms with E-state index in [1.807, 2.05) is 35.2 Å². The van der Waals surface area contributed by atoms with E-state index in [-0.39, 0.29) is 5.91 Å². The average molecular weight is 294 g/mol. The van der Waals surface area contributed by atoms with Crippen LogP contribution in [0.4, 0.5) is 5.69 Å². The van der Waals surface area contributed by atoms with Crippen molar-refractivity contribution >= 4 is 11.6 Å². The molecule has 1 aliphatic heterocycles. The Morgan fingerprint density at radius 1 is 1.32 bits per heavy atom. The van der Waals surface area contributed by atoms with Crippen LogP contribution in [-0.4, -0.2) is 17.4 Å². The number of nitrogens with zero attached hydrogens (tertiary/aromatic N) is 2. The Morgan fingerprint density at radius 2 is 2.18 bits per heavy atom. The normalized spacial score (nSPS) is 15.3. The summed E-state index contributed by atoms with van der Waals surface area (Å²) in [5.41, 5.74) is 4.00. The topological polar surface area (TPSA) is 33.2 Å². The highest BCUT2D eigenvalue weighted by Crippen LogP contribution is 2.27. The maximum absolute atomic E-state index is 12.9. The Labute approximate surface area is 132 Å². The van der Waals surface area contributed by atoms with Crippen molar-refractivity contribution in [3.63, 3.8) is 0 Å². The van der Waals surface area contributed by atoms with Gasteiger partial charge in [-0.2, -0.15) is 0 Å². The first-order valence-electron chi connectivity index (χ1n) is 8.06. The van der Waals surface area contributed by atoms with Crippen LogP contribution in [-0.2, 0) is 6.42 Å². The SMILES string of the molecule is CCC(C)c1cccc(C(=O)N2CCCc3ncccc32)c1. The molecule has 22 heavy (non-hydrogen) atoms. The molecule has 0 spiro atoms. The summed E-state index contributed by atoms with van der Waals surface area (Å²) < 4.78 is 0. The van der Waals surface area contributed by atoms with Crippen molar-refractivity contribution in [2.75, 3.05) is 11.4 Å². The van der Waals surface area contributed by atoms with Gasteiger partial charge in [-0.05, 0) is 55.0 Å². The number of carbonyl (C=O) groups is 1. The van der Waals surface area contributed by atoms with Gasteiger partial charge in [0.1, 0.15) is 0 Å². The van der Waals surface area contributed by atoms with Crippen LogP contribution in [0.25, 0.3) is 0 Å². The molecule has 0 aliphatic carbocycles. The van der Waals surface area contributed by atoms with Gasteiger partial charge >= 0.3 is 0 Å². The number of benzene rings is 1. The van der Waals surface area contributed by atoms with Crippen LogP contribution >= 0.6 is 0 Å². The lowest BCUT2D eigenvalue weighted by Gasteiger charge is -2.29. The second kappa shape index (κ2) is 6.30. The summed E-state index contributed by atoms with van der Waals surface area (Å²) in [6, 6.07) is 12.0. The molecule has 1 aromatic carbocycles. The number of aryl methyl sites for hydroxylation is 1. The van der Waals surface area contributed by atoms with Crippen LogP contribution in [0.3, 0.4) is 0 Å². The molecular formula is C19H22N2O. The zero-order valence-corrected chi connectivity index (χ0v) is 13.2. The Morgan fingerprint density at radius 3 is 3.00 bits per heavy atom. The van der Waals surface area contributed by atoms with E-state index in [1.165, 1.54) is 5.56 Å². The molecule has 1 unspecified atom stereocenters. The second-order valence-electron chi connectivity index (χ2n) is 5.96. The molecule has 1 aromatic heterocycles. The lowest BCUT2D eigenvalue weighted by Crippen LogP contribution is -2.35. The molecule has 1 aliphatic rings. The number of pyridine rings is 1. The molecule has 0 fully saturated rings. The number of hydrogen-bond donors (Lipinski definition) is 0. The van der Waals surface area contributed by atoms with Gasteiger partial charge in [0.05, 0.1) is 11.4 Å². The fourth-order valence-corrected chi connectivity index (χ4v) is 2.97. The molecule has 0 saturated carbocycles. The second-order valence-corrected chi connectivity index (χ2v) is 5.96. The van der Waals surface area contributed by atoms with E-state index in [4.69, 9.17) is 0 Å². The summed E-state index contributed by atoms with van der Waals surface area (Å²) in [4.78, 5) is 19.2. The molecule has 0 bridgehead atoms. The number of rotatable bonds is 3. The van der Waals surface area contributed by atoms with Gasteiger partial charge in [-0.15, -0.1) is 0 Å². The predicted molar refractivity (Wildman–Crippen MR) is 89.4 cm³/mol. The first-order chi connectivity index (χ1) is 10.7. The maximum atomic E-state index is 12.9. The number of carbonyl (C=O) groups excluding carboxylic acids is 1. The van der Waals surface area contributed by atoms with Crippen LogP contribution in [0, 0.1) is 0 Å². The number of anilines is 1. The molecule has 3 rings (SSSR count). The van der Waals surface area contributed by atoms with Gasteiger partial charge in [0.2, 0.25) is 0 Å². The molecule has 2 aromatic rings. The minimum atomic E-state index is 0.0825. The van der Waals surface area contributed by atoms with Gasteiger partial charge in [-0.1, -0.05) is 26.0 Å². The van der Waals surface area contributed by atoms with Gasteiger partial charge in [-0.3, -0.25) is 9.78 Å². The summed E-state index contributed by atoms with van der Waals surface area (Å²) in [6.07, 6.45) is 4.80. The number of fused-ring (bicyclic) bond motifs is 1. The van der Waals surface area contributed by atoms with Gasteiger partial charge < -0.3 is 4.90 Å². The van der Waals surface area contributed by atoms with Gasteiger partial charge in [0.15, 0.2) is 0 Å². The zero-order chi connectivity index (χ0) is 15.5. The van der Waals surface area contributed by atoms with Crippen molar-refractivity contribution < 1.29 is 4.79 Å². The lowest BCUT2D eigenvalue weighted by atomic mass is 9.96. The molecule has 114 valence electrons. The van der Waals surface area contributed by atoms with E-state index in [1.54, 1.807) is 6.20 Å². The first-order valence-corrected chi connectivity index (χ1v) is 8.06. The van der Waals surface area contributed by atoms with Crippen LogP contribution < -0.4 is 4.90 Å². The molecule has 3 nitrogen and oxygen atoms in total. The van der Waals surface area contributed by atoms with E-state index in [0.717, 1.165) is 42.8 Å². The highest BCUT2D eigenvalue weighted by molar-refractivity contribution is 6.06. The van der Waals surface area contributed by atoms with Crippen molar-refractivity contribution in [3.05, 3.63) is 59.4 Å². The molecule has 3 heteroatoms. The highest BCUT2D eigenvalue weighted by Gasteiger charge is 2.24. The largest absolute Gasteiger partial charge is 0.307 e. The lowest BCUT2D eigenvalue weighted by molar-refractivity contribution is 0.0985. The molecule has 0 saturated heterocycles. The fourth-order valence-electron chi connectivity index (χ4n) is 2.97. The van der Waals surface area contributed by atoms with E-state index in [0.29, 0.717) is 5.92 Å². The Kier molecular flexibility index (Phi) is 4.23. The van der Waals surface area contributed by atoms with Crippen LogP contribution in [0.2, 0.25) is 0 Å². The molecule has 0 radical (unpaired) electrons. The van der Waals surface area contributed by atoms with E-state index in [2.05, 4.69) is 24.9 Å². The number of amides is 1. The standard InChI is InChI=1S/C19H22N2O/c1-3-14(2)15-7-4-8-16(13-15)19(22)21-12-6-9-17-18(21)10-5-11-20-17/h4-5,7-8,10-11,13-14H,3,6,9,12H2,1-2H3. The monoisotopic (exact) mass is 294 g/mol. The quantitative estimate of drug-likeness (QED) is 0.850. The molecule has 1 atom stereocenters. The van der Waals surface area contributed by atoms with Crippen molar-refractivity contribution in [1.82, 2.24) is 4.98 Å². The number of hydrogen-bond acceptors (Lipinski definition) is 2. The summed E-state index contributed by atoms with van der Waals surface area (Å²) >= 11 is 0. The van der Waals surface area contributed by atoms with Crippen molar-refractivity contribution in [1.29, 1.82) is 0 Å². The first kappa shape index (κ1) is 14.8. The number of aromatic nitrogens is 1. The predicted octanol–water partition coefficient (Wildman–Crippen LogP) is 4.19. The molecule has 1 amide bonds. The summed E-state index contributed by atoms with van der Waals surface area (Å²) in [5.74, 6) is 0.558. The van der Waals surface area contributed by atoms with Crippen molar-refractivity contribution in [2.45, 2.75) is 39.0 Å². The van der Waals surface area contributed by atoms with Crippen LogP contribution in [0.15, 0.2) is 42.6 Å². The minimum absolute atomic E-state index is 0.0825. The van der Waals surface area contributed by atoms with Crippen LogP contribution in [0.5, 0.6) is 0 Å². The Hall–Kier alpha value is -2.16. The van der Waals surface area contributed by atoms with Crippen LogP contribution in [0.1, 0.15) is 54.2 Å². The molecular weight excluding hydrogens is 272 g/mol. The minimum Gasteiger partial charge on any atom is -0.307 e. The van der Waals surface area contributed by atoms with E-state index < -0.39 is 0 Å². The average Bonchev–Trinajstić information content (AvgIpc) is 2.60. The van der Waals surface area contributed by atoms with E-state index in [9.17, 15) is 4.79 Å². The smallest absolute Gasteiger partial charge is 0.258 e. The summed E-state index contributed by atoms with van der Waals surface area (Å²) in [7, 11) is 0. The third kappa shape index (κ3) is 2.76. The molecule has 2 heterocycles. The Bertz CT molecular complexity index is 681. The van der Waals surface area contributed by atoms with Crippen molar-refractivity contribution in [2.24, 2.45) is 0 Å². The van der Waals surface area contributed by atoms with Crippen molar-refractivity contribution in [3.8, 4) is 0 Å². The third-order valence-electron chi connectivity index (χ3n) is 4.51. The molecule has 0 N–H and O–H groups in total. The zero-order valence-electron chi connectivity index (χ0n) is 13.2. The van der Waals surface area contributed by atoms with E-state index >= 15 is 0 Å². The van der Waals surface area contributed by atoms with Gasteiger partial charge in [-0.25, -0.2) is 0 Å². The third-order valence-corrected chi connectivity index (χ3v) is 4.51.